The summed E-state index contributed by atoms with van der Waals surface area (Å²) in [4.78, 5) is 11.3. The van der Waals surface area contributed by atoms with Crippen LogP contribution >= 0.6 is 0 Å². The van der Waals surface area contributed by atoms with Crippen LogP contribution in [0.1, 0.15) is 30.7 Å². The molecule has 1 aliphatic heterocycles. The molecule has 1 saturated heterocycles. The predicted molar refractivity (Wildman–Crippen MR) is 103 cm³/mol. The van der Waals surface area contributed by atoms with Gasteiger partial charge in [0.1, 0.15) is 0 Å². The Morgan fingerprint density at radius 3 is 2.79 bits per heavy atom. The molecule has 0 aliphatic carbocycles. The lowest BCUT2D eigenvalue weighted by Crippen LogP contribution is -2.43. The van der Waals surface area contributed by atoms with E-state index >= 15 is 0 Å². The zero-order valence-electron chi connectivity index (χ0n) is 16.4. The maximum atomic E-state index is 5.57. The van der Waals surface area contributed by atoms with Crippen molar-refractivity contribution < 1.29 is 9.26 Å². The number of hydrogen-bond acceptors (Lipinski definition) is 7. The number of pyridine rings is 1. The third-order valence-corrected chi connectivity index (χ3v) is 5.57. The minimum Gasteiger partial charge on any atom is -0.385 e. The number of piperidine rings is 1. The fraction of sp³-hybridized carbons (Fsp3) is 0.500. The second-order valence-corrected chi connectivity index (χ2v) is 7.49. The second kappa shape index (κ2) is 8.20. The first kappa shape index (κ1) is 18.8. The number of ether oxygens (including phenoxy) is 1. The highest BCUT2D eigenvalue weighted by Crippen LogP contribution is 2.38. The van der Waals surface area contributed by atoms with Crippen molar-refractivity contribution in [3.63, 3.8) is 0 Å². The zero-order chi connectivity index (χ0) is 19.4. The predicted octanol–water partition coefficient (Wildman–Crippen LogP) is 2.44. The molecular weight excluding hydrogens is 356 g/mol. The van der Waals surface area contributed by atoms with E-state index in [0.717, 1.165) is 50.3 Å². The molecule has 8 nitrogen and oxygen atoms in total. The Kier molecular flexibility index (Phi) is 5.50. The summed E-state index contributed by atoms with van der Waals surface area (Å²) >= 11 is 0. The Hall–Kier alpha value is -2.58. The first-order chi connectivity index (χ1) is 13.7. The lowest BCUT2D eigenvalue weighted by Gasteiger charge is -2.39. The molecule has 1 fully saturated rings. The van der Waals surface area contributed by atoms with E-state index < -0.39 is 0 Å². The van der Waals surface area contributed by atoms with Gasteiger partial charge in [0.25, 0.3) is 5.89 Å². The molecule has 4 rings (SSSR count). The molecule has 28 heavy (non-hydrogen) atoms. The monoisotopic (exact) mass is 382 g/mol. The molecule has 0 unspecified atom stereocenters. The summed E-state index contributed by atoms with van der Waals surface area (Å²) < 4.78 is 12.8. The highest BCUT2D eigenvalue weighted by Gasteiger charge is 2.40. The third kappa shape index (κ3) is 3.98. The Bertz CT molecular complexity index is 883. The summed E-state index contributed by atoms with van der Waals surface area (Å²) in [5, 5.41) is 8.62. The number of aromatic nitrogens is 5. The summed E-state index contributed by atoms with van der Waals surface area (Å²) in [6.45, 7) is 3.56. The number of aryl methyl sites for hydroxylation is 1. The van der Waals surface area contributed by atoms with Gasteiger partial charge in [-0.3, -0.25) is 14.6 Å². The van der Waals surface area contributed by atoms with Crippen LogP contribution in [0.25, 0.3) is 11.5 Å². The van der Waals surface area contributed by atoms with Crippen molar-refractivity contribution in [3.8, 4) is 11.5 Å². The zero-order valence-corrected chi connectivity index (χ0v) is 16.4. The number of rotatable bonds is 7. The first-order valence-corrected chi connectivity index (χ1v) is 9.62. The second-order valence-electron chi connectivity index (χ2n) is 7.49. The first-order valence-electron chi connectivity index (χ1n) is 9.62. The largest absolute Gasteiger partial charge is 0.385 e. The molecule has 8 heteroatoms. The molecule has 3 aromatic heterocycles. The van der Waals surface area contributed by atoms with Gasteiger partial charge in [-0.05, 0) is 44.5 Å². The quantitative estimate of drug-likeness (QED) is 0.621. The van der Waals surface area contributed by atoms with Gasteiger partial charge in [0.15, 0.2) is 5.82 Å². The smallest absolute Gasteiger partial charge is 0.259 e. The minimum absolute atomic E-state index is 0.120. The van der Waals surface area contributed by atoms with Crippen LogP contribution in [-0.4, -0.2) is 56.6 Å². The molecule has 0 saturated carbocycles. The Morgan fingerprint density at radius 1 is 1.25 bits per heavy atom. The van der Waals surface area contributed by atoms with Crippen LogP contribution in [0, 0.1) is 0 Å². The fourth-order valence-electron chi connectivity index (χ4n) is 3.88. The van der Waals surface area contributed by atoms with E-state index in [0.29, 0.717) is 12.5 Å². The molecule has 0 aromatic carbocycles. The number of nitrogens with zero attached hydrogens (tertiary/aromatic N) is 6. The van der Waals surface area contributed by atoms with Gasteiger partial charge < -0.3 is 9.26 Å². The van der Waals surface area contributed by atoms with Gasteiger partial charge in [-0.2, -0.15) is 10.1 Å². The Balaban J connectivity index is 1.49. The summed E-state index contributed by atoms with van der Waals surface area (Å²) in [6, 6.07) is 3.81. The van der Waals surface area contributed by atoms with Crippen molar-refractivity contribution in [3.05, 3.63) is 48.3 Å². The van der Waals surface area contributed by atoms with E-state index in [1.165, 1.54) is 5.56 Å². The van der Waals surface area contributed by atoms with E-state index in [1.54, 1.807) is 19.5 Å². The summed E-state index contributed by atoms with van der Waals surface area (Å²) in [7, 11) is 3.69. The Labute approximate surface area is 164 Å². The Morgan fingerprint density at radius 2 is 2.11 bits per heavy atom. The van der Waals surface area contributed by atoms with Crippen LogP contribution in [0.4, 0.5) is 0 Å². The van der Waals surface area contributed by atoms with Gasteiger partial charge in [-0.25, -0.2) is 0 Å². The molecule has 0 amide bonds. The highest BCUT2D eigenvalue weighted by molar-refractivity contribution is 5.50. The van der Waals surface area contributed by atoms with Gasteiger partial charge in [0.05, 0.1) is 11.8 Å². The summed E-state index contributed by atoms with van der Waals surface area (Å²) in [5.74, 6) is 1.31. The summed E-state index contributed by atoms with van der Waals surface area (Å²) in [6.07, 6.45) is 10.3. The highest BCUT2D eigenvalue weighted by atomic mass is 16.5. The van der Waals surface area contributed by atoms with Crippen LogP contribution < -0.4 is 0 Å². The average Bonchev–Trinajstić information content (AvgIpc) is 3.38. The molecule has 0 N–H and O–H groups in total. The normalized spacial score (nSPS) is 17.1. The summed E-state index contributed by atoms with van der Waals surface area (Å²) in [5.41, 5.74) is 1.97. The lowest BCUT2D eigenvalue weighted by molar-refractivity contribution is 0.103. The minimum atomic E-state index is -0.120. The van der Waals surface area contributed by atoms with Gasteiger partial charge in [0.2, 0.25) is 0 Å². The van der Waals surface area contributed by atoms with E-state index in [9.17, 15) is 0 Å². The van der Waals surface area contributed by atoms with E-state index in [4.69, 9.17) is 14.2 Å². The lowest BCUT2D eigenvalue weighted by atomic mass is 9.75. The van der Waals surface area contributed by atoms with Gasteiger partial charge in [-0.1, -0.05) is 5.16 Å². The molecule has 1 aliphatic rings. The fourth-order valence-corrected chi connectivity index (χ4v) is 3.88. The maximum absolute atomic E-state index is 5.57. The van der Waals surface area contributed by atoms with E-state index in [2.05, 4.69) is 26.3 Å². The van der Waals surface area contributed by atoms with Crippen molar-refractivity contribution in [2.45, 2.75) is 31.2 Å². The molecule has 148 valence electrons. The van der Waals surface area contributed by atoms with Crippen LogP contribution in [0.15, 0.2) is 41.4 Å². The molecule has 0 bridgehead atoms. The van der Waals surface area contributed by atoms with Gasteiger partial charge in [0, 0.05) is 56.9 Å². The third-order valence-electron chi connectivity index (χ3n) is 5.57. The van der Waals surface area contributed by atoms with Crippen molar-refractivity contribution in [1.29, 1.82) is 0 Å². The molecule has 0 spiro atoms. The van der Waals surface area contributed by atoms with Crippen LogP contribution in [0.5, 0.6) is 0 Å². The van der Waals surface area contributed by atoms with Crippen LogP contribution in [0.2, 0.25) is 0 Å². The van der Waals surface area contributed by atoms with Crippen molar-refractivity contribution in [2.24, 2.45) is 7.05 Å². The van der Waals surface area contributed by atoms with E-state index in [1.807, 2.05) is 30.1 Å². The SMILES string of the molecule is COCCC1(c2noc(-c3cccnc3)n2)CCN(Cc2cnn(C)c2)CC1. The molecular formula is C20H26N6O2. The van der Waals surface area contributed by atoms with Crippen LogP contribution in [-0.2, 0) is 23.7 Å². The molecule has 0 atom stereocenters. The molecule has 3 aromatic rings. The topological polar surface area (TPSA) is 82.1 Å². The van der Waals surface area contributed by atoms with Gasteiger partial charge >= 0.3 is 0 Å². The molecule has 4 heterocycles. The average molecular weight is 382 g/mol. The number of methoxy groups -OCH3 is 1. The number of likely N-dealkylation sites (tertiary alicyclic amines) is 1. The van der Waals surface area contributed by atoms with Crippen molar-refractivity contribution in [1.82, 2.24) is 29.8 Å². The van der Waals surface area contributed by atoms with Crippen molar-refractivity contribution >= 4 is 0 Å². The standard InChI is InChI=1S/C20H26N6O2/c1-25-14-16(12-22-25)15-26-9-5-20(6-10-26,7-11-27-2)19-23-18(28-24-19)17-4-3-8-21-13-17/h3-4,8,12-14H,5-7,9-11,15H2,1-2H3. The number of hydrogen-bond donors (Lipinski definition) is 0. The molecule has 0 radical (unpaired) electrons. The maximum Gasteiger partial charge on any atom is 0.259 e. The van der Waals surface area contributed by atoms with Crippen LogP contribution in [0.3, 0.4) is 0 Å². The van der Waals surface area contributed by atoms with Gasteiger partial charge in [-0.15, -0.1) is 0 Å². The van der Waals surface area contributed by atoms with Crippen molar-refractivity contribution in [2.75, 3.05) is 26.8 Å². The van der Waals surface area contributed by atoms with E-state index in [-0.39, 0.29) is 5.41 Å².